The first-order valence-electron chi connectivity index (χ1n) is 8.62. The summed E-state index contributed by atoms with van der Waals surface area (Å²) in [4.78, 5) is 20.6. The smallest absolute Gasteiger partial charge is 0.227 e. The predicted octanol–water partition coefficient (Wildman–Crippen LogP) is 1.67. The summed E-state index contributed by atoms with van der Waals surface area (Å²) in [5.74, 6) is 0.0787. The minimum Gasteiger partial charge on any atom is -0.383 e. The zero-order valence-electron chi connectivity index (χ0n) is 14.8. The lowest BCUT2D eigenvalue weighted by Gasteiger charge is -2.47. The van der Waals surface area contributed by atoms with Crippen molar-refractivity contribution in [3.63, 3.8) is 0 Å². The Kier molecular flexibility index (Phi) is 5.16. The topological polar surface area (TPSA) is 56.7 Å². The Bertz CT molecular complexity index is 705. The van der Waals surface area contributed by atoms with Crippen LogP contribution in [0.3, 0.4) is 0 Å². The van der Waals surface area contributed by atoms with Crippen LogP contribution in [0, 0.1) is 0 Å². The average Bonchev–Trinajstić information content (AvgIpc) is 2.63. The number of likely N-dealkylation sites (N-methyl/N-ethyl adjacent to an activating group) is 1. The van der Waals surface area contributed by atoms with Crippen molar-refractivity contribution in [2.45, 2.75) is 24.5 Å². The number of aromatic nitrogens is 1. The minimum atomic E-state index is -0.949. The Morgan fingerprint density at radius 3 is 2.68 bits per heavy atom. The first-order valence-corrected chi connectivity index (χ1v) is 8.62. The standard InChI is InChI=1S/C20H25N3O2/c1-22(2)18-15-23(19(24)13-16-7-6-11-21-14-16)12-10-20(18,25)17-8-4-3-5-9-17/h3-9,11,14,18,25H,10,12-13,15H2,1-2H3/t18-,20?/m1/s1. The SMILES string of the molecule is CN(C)[C@@H]1CN(C(=O)Cc2cccnc2)CCC1(O)c1ccccc1. The first-order chi connectivity index (χ1) is 12.0. The van der Waals surface area contributed by atoms with E-state index in [1.807, 2.05) is 66.4 Å². The maximum absolute atomic E-state index is 12.7. The maximum Gasteiger partial charge on any atom is 0.227 e. The highest BCUT2D eigenvalue weighted by molar-refractivity contribution is 5.79. The van der Waals surface area contributed by atoms with Crippen molar-refractivity contribution < 1.29 is 9.90 Å². The molecule has 3 rings (SSSR count). The molecule has 1 saturated heterocycles. The highest BCUT2D eigenvalue weighted by atomic mass is 16.3. The van der Waals surface area contributed by atoms with Crippen LogP contribution >= 0.6 is 0 Å². The monoisotopic (exact) mass is 339 g/mol. The van der Waals surface area contributed by atoms with Gasteiger partial charge in [0.15, 0.2) is 0 Å². The van der Waals surface area contributed by atoms with Gasteiger partial charge < -0.3 is 14.9 Å². The summed E-state index contributed by atoms with van der Waals surface area (Å²) in [7, 11) is 3.90. The molecule has 0 aliphatic carbocycles. The number of rotatable bonds is 4. The van der Waals surface area contributed by atoms with Crippen LogP contribution in [0.25, 0.3) is 0 Å². The number of carbonyl (C=O) groups excluding carboxylic acids is 1. The van der Waals surface area contributed by atoms with Crippen LogP contribution in [0.1, 0.15) is 17.5 Å². The number of piperidine rings is 1. The molecule has 1 aliphatic rings. The molecular formula is C20H25N3O2. The van der Waals surface area contributed by atoms with Crippen molar-refractivity contribution in [3.8, 4) is 0 Å². The fraction of sp³-hybridized carbons (Fsp3) is 0.400. The minimum absolute atomic E-state index is 0.0787. The van der Waals surface area contributed by atoms with E-state index in [-0.39, 0.29) is 11.9 Å². The fourth-order valence-corrected chi connectivity index (χ4v) is 3.59. The van der Waals surface area contributed by atoms with Gasteiger partial charge in [0, 0.05) is 25.5 Å². The second kappa shape index (κ2) is 7.33. The van der Waals surface area contributed by atoms with Gasteiger partial charge in [0.1, 0.15) is 5.60 Å². The summed E-state index contributed by atoms with van der Waals surface area (Å²) in [5, 5.41) is 11.4. The molecule has 1 unspecified atom stereocenters. The average molecular weight is 339 g/mol. The second-order valence-electron chi connectivity index (χ2n) is 6.90. The third-order valence-electron chi connectivity index (χ3n) is 5.04. The van der Waals surface area contributed by atoms with Crippen molar-refractivity contribution in [2.24, 2.45) is 0 Å². The lowest BCUT2D eigenvalue weighted by atomic mass is 9.79. The summed E-state index contributed by atoms with van der Waals surface area (Å²) in [5.41, 5.74) is 0.876. The molecule has 2 aromatic rings. The highest BCUT2D eigenvalue weighted by Gasteiger charge is 2.44. The molecule has 0 saturated carbocycles. The van der Waals surface area contributed by atoms with Crippen molar-refractivity contribution >= 4 is 5.91 Å². The van der Waals surface area contributed by atoms with Crippen LogP contribution in [0.5, 0.6) is 0 Å². The zero-order chi connectivity index (χ0) is 17.9. The van der Waals surface area contributed by atoms with Gasteiger partial charge in [-0.15, -0.1) is 0 Å². The summed E-state index contributed by atoms with van der Waals surface area (Å²) in [6.07, 6.45) is 4.30. The Hall–Kier alpha value is -2.24. The Morgan fingerprint density at radius 2 is 2.04 bits per heavy atom. The van der Waals surface area contributed by atoms with Crippen LogP contribution in [0.4, 0.5) is 0 Å². The quantitative estimate of drug-likeness (QED) is 0.921. The maximum atomic E-state index is 12.7. The van der Waals surface area contributed by atoms with Gasteiger partial charge >= 0.3 is 0 Å². The summed E-state index contributed by atoms with van der Waals surface area (Å²) >= 11 is 0. The molecule has 5 nitrogen and oxygen atoms in total. The molecule has 1 N–H and O–H groups in total. The fourth-order valence-electron chi connectivity index (χ4n) is 3.59. The van der Waals surface area contributed by atoms with E-state index in [2.05, 4.69) is 4.98 Å². The Morgan fingerprint density at radius 1 is 1.28 bits per heavy atom. The number of benzene rings is 1. The lowest BCUT2D eigenvalue weighted by Crippen LogP contribution is -2.60. The number of nitrogens with zero attached hydrogens (tertiary/aromatic N) is 3. The van der Waals surface area contributed by atoms with Crippen molar-refractivity contribution in [1.82, 2.24) is 14.8 Å². The molecule has 1 aliphatic heterocycles. The molecule has 2 atom stereocenters. The molecule has 1 fully saturated rings. The third-order valence-corrected chi connectivity index (χ3v) is 5.04. The summed E-state index contributed by atoms with van der Waals surface area (Å²) in [6, 6.07) is 13.4. The number of hydrogen-bond acceptors (Lipinski definition) is 4. The second-order valence-corrected chi connectivity index (χ2v) is 6.90. The molecule has 25 heavy (non-hydrogen) atoms. The number of likely N-dealkylation sites (tertiary alicyclic amines) is 1. The van der Waals surface area contributed by atoms with Gasteiger partial charge in [-0.25, -0.2) is 0 Å². The van der Waals surface area contributed by atoms with Crippen LogP contribution in [-0.2, 0) is 16.8 Å². The summed E-state index contributed by atoms with van der Waals surface area (Å²) < 4.78 is 0. The van der Waals surface area contributed by atoms with Gasteiger partial charge in [-0.05, 0) is 37.7 Å². The molecule has 1 aromatic heterocycles. The number of aliphatic hydroxyl groups is 1. The predicted molar refractivity (Wildman–Crippen MR) is 97.0 cm³/mol. The van der Waals surface area contributed by atoms with Gasteiger partial charge in [-0.2, -0.15) is 0 Å². The van der Waals surface area contributed by atoms with Gasteiger partial charge in [-0.1, -0.05) is 36.4 Å². The highest BCUT2D eigenvalue weighted by Crippen LogP contribution is 2.35. The van der Waals surface area contributed by atoms with Crippen LogP contribution < -0.4 is 0 Å². The first kappa shape index (κ1) is 17.6. The molecule has 0 bridgehead atoms. The molecule has 0 spiro atoms. The van der Waals surface area contributed by atoms with E-state index in [1.54, 1.807) is 12.4 Å². The van der Waals surface area contributed by atoms with Crippen LogP contribution in [0.15, 0.2) is 54.9 Å². The lowest BCUT2D eigenvalue weighted by molar-refractivity contribution is -0.141. The molecular weight excluding hydrogens is 314 g/mol. The van der Waals surface area contributed by atoms with Gasteiger partial charge in [0.2, 0.25) is 5.91 Å². The zero-order valence-corrected chi connectivity index (χ0v) is 14.8. The van der Waals surface area contributed by atoms with Gasteiger partial charge in [0.05, 0.1) is 12.5 Å². The number of hydrogen-bond donors (Lipinski definition) is 1. The van der Waals surface area contributed by atoms with E-state index in [0.717, 1.165) is 11.1 Å². The van der Waals surface area contributed by atoms with Crippen molar-refractivity contribution in [1.29, 1.82) is 0 Å². The number of carbonyl (C=O) groups is 1. The molecule has 5 heteroatoms. The largest absolute Gasteiger partial charge is 0.383 e. The third kappa shape index (κ3) is 3.72. The molecule has 2 heterocycles. The van der Waals surface area contributed by atoms with E-state index in [0.29, 0.717) is 25.9 Å². The number of amides is 1. The molecule has 1 amide bonds. The van der Waals surface area contributed by atoms with Gasteiger partial charge in [-0.3, -0.25) is 9.78 Å². The van der Waals surface area contributed by atoms with E-state index < -0.39 is 5.60 Å². The van der Waals surface area contributed by atoms with E-state index in [4.69, 9.17) is 0 Å². The molecule has 0 radical (unpaired) electrons. The van der Waals surface area contributed by atoms with E-state index >= 15 is 0 Å². The molecule has 1 aromatic carbocycles. The van der Waals surface area contributed by atoms with Crippen LogP contribution in [-0.4, -0.2) is 59.0 Å². The Balaban J connectivity index is 1.76. The van der Waals surface area contributed by atoms with Gasteiger partial charge in [0.25, 0.3) is 0 Å². The van der Waals surface area contributed by atoms with Crippen molar-refractivity contribution in [2.75, 3.05) is 27.2 Å². The Labute approximate surface area is 148 Å². The molecule has 132 valence electrons. The normalized spacial score (nSPS) is 23.7. The van der Waals surface area contributed by atoms with E-state index in [9.17, 15) is 9.90 Å². The number of pyridine rings is 1. The summed E-state index contributed by atoms with van der Waals surface area (Å²) in [6.45, 7) is 1.06. The van der Waals surface area contributed by atoms with E-state index in [1.165, 1.54) is 0 Å². The van der Waals surface area contributed by atoms with Crippen molar-refractivity contribution in [3.05, 3.63) is 66.0 Å². The van der Waals surface area contributed by atoms with Crippen LogP contribution in [0.2, 0.25) is 0 Å².